The Morgan fingerprint density at radius 3 is 2.00 bits per heavy atom. The summed E-state index contributed by atoms with van der Waals surface area (Å²) in [6.07, 6.45) is 1.20. The maximum absolute atomic E-state index is 5.68. The van der Waals surface area contributed by atoms with Gasteiger partial charge in [0.2, 0.25) is 0 Å². The lowest BCUT2D eigenvalue weighted by Crippen LogP contribution is -2.22. The molecule has 1 nitrogen and oxygen atoms in total. The zero-order valence-corrected chi connectivity index (χ0v) is 8.40. The van der Waals surface area contributed by atoms with E-state index in [1.165, 1.54) is 6.42 Å². The van der Waals surface area contributed by atoms with E-state index in [4.69, 9.17) is 4.74 Å². The number of hydrogen-bond acceptors (Lipinski definition) is 1. The Balaban J connectivity index is 2.55. The summed E-state index contributed by atoms with van der Waals surface area (Å²) in [6, 6.07) is 0. The van der Waals surface area contributed by atoms with Crippen LogP contribution in [0.2, 0.25) is 0 Å². The van der Waals surface area contributed by atoms with Gasteiger partial charge in [-0.05, 0) is 31.6 Å². The van der Waals surface area contributed by atoms with Crippen molar-refractivity contribution in [1.29, 1.82) is 0 Å². The van der Waals surface area contributed by atoms with Crippen molar-refractivity contribution in [2.24, 2.45) is 11.3 Å². The van der Waals surface area contributed by atoms with Gasteiger partial charge in [-0.15, -0.1) is 0 Å². The third kappa shape index (κ3) is 2.19. The van der Waals surface area contributed by atoms with Gasteiger partial charge in [-0.25, -0.2) is 0 Å². The Bertz CT molecular complexity index is 141. The molecule has 1 rings (SSSR count). The molecule has 0 bridgehead atoms. The highest BCUT2D eigenvalue weighted by atomic mass is 16.5. The van der Waals surface area contributed by atoms with E-state index in [9.17, 15) is 0 Å². The molecule has 0 aromatic rings. The molecule has 1 heteroatoms. The highest BCUT2D eigenvalue weighted by molar-refractivity contribution is 4.86. The van der Waals surface area contributed by atoms with E-state index in [-0.39, 0.29) is 5.60 Å². The minimum absolute atomic E-state index is 0.123. The van der Waals surface area contributed by atoms with E-state index < -0.39 is 0 Å². The predicted molar refractivity (Wildman–Crippen MR) is 47.6 cm³/mol. The van der Waals surface area contributed by atoms with Gasteiger partial charge in [0.15, 0.2) is 0 Å². The lowest BCUT2D eigenvalue weighted by Gasteiger charge is -2.26. The average Bonchev–Trinajstić information content (AvgIpc) is 2.07. The Hall–Kier alpha value is -0.0400. The molecule has 0 aromatic carbocycles. The van der Waals surface area contributed by atoms with Crippen LogP contribution >= 0.6 is 0 Å². The largest absolute Gasteiger partial charge is 0.375 e. The molecule has 1 aliphatic heterocycles. The summed E-state index contributed by atoms with van der Waals surface area (Å²) < 4.78 is 5.68. The van der Waals surface area contributed by atoms with Crippen molar-refractivity contribution in [3.63, 3.8) is 0 Å². The van der Waals surface area contributed by atoms with Crippen LogP contribution in [0.4, 0.5) is 0 Å². The molecule has 0 aromatic heterocycles. The SMILES string of the molecule is CC1(C)CC(C(C)(C)C)CO1. The van der Waals surface area contributed by atoms with E-state index in [2.05, 4.69) is 34.6 Å². The molecule has 1 heterocycles. The molecular weight excluding hydrogens is 136 g/mol. The average molecular weight is 156 g/mol. The van der Waals surface area contributed by atoms with Crippen molar-refractivity contribution in [2.75, 3.05) is 6.61 Å². The molecule has 0 amide bonds. The van der Waals surface area contributed by atoms with Crippen LogP contribution in [0.25, 0.3) is 0 Å². The molecule has 1 atom stereocenters. The van der Waals surface area contributed by atoms with Crippen LogP contribution in [-0.4, -0.2) is 12.2 Å². The minimum atomic E-state index is 0.123. The fourth-order valence-corrected chi connectivity index (χ4v) is 1.59. The molecule has 1 unspecified atom stereocenters. The Morgan fingerprint density at radius 1 is 1.27 bits per heavy atom. The van der Waals surface area contributed by atoms with Gasteiger partial charge in [0, 0.05) is 0 Å². The molecule has 1 aliphatic rings. The summed E-state index contributed by atoms with van der Waals surface area (Å²) >= 11 is 0. The van der Waals surface area contributed by atoms with Gasteiger partial charge in [-0.1, -0.05) is 20.8 Å². The van der Waals surface area contributed by atoms with Crippen molar-refractivity contribution in [3.8, 4) is 0 Å². The van der Waals surface area contributed by atoms with E-state index in [0.29, 0.717) is 5.41 Å². The third-order valence-electron chi connectivity index (χ3n) is 2.64. The van der Waals surface area contributed by atoms with Gasteiger partial charge >= 0.3 is 0 Å². The highest BCUT2D eigenvalue weighted by Gasteiger charge is 2.37. The van der Waals surface area contributed by atoms with Crippen LogP contribution in [0.1, 0.15) is 41.0 Å². The zero-order chi connectivity index (χ0) is 8.70. The molecule has 11 heavy (non-hydrogen) atoms. The van der Waals surface area contributed by atoms with Gasteiger partial charge in [-0.2, -0.15) is 0 Å². The van der Waals surface area contributed by atoms with Gasteiger partial charge < -0.3 is 4.74 Å². The molecule has 66 valence electrons. The van der Waals surface area contributed by atoms with E-state index in [1.807, 2.05) is 0 Å². The Labute approximate surface area is 70.1 Å². The van der Waals surface area contributed by atoms with Crippen molar-refractivity contribution in [1.82, 2.24) is 0 Å². The summed E-state index contributed by atoms with van der Waals surface area (Å²) in [5.74, 6) is 0.734. The second-order valence-corrected chi connectivity index (χ2v) is 5.34. The van der Waals surface area contributed by atoms with E-state index >= 15 is 0 Å². The molecular formula is C10H20O. The fourth-order valence-electron chi connectivity index (χ4n) is 1.59. The van der Waals surface area contributed by atoms with Crippen LogP contribution in [-0.2, 0) is 4.74 Å². The van der Waals surface area contributed by atoms with Crippen LogP contribution in [0.3, 0.4) is 0 Å². The minimum Gasteiger partial charge on any atom is -0.375 e. The molecule has 0 radical (unpaired) electrons. The van der Waals surface area contributed by atoms with Crippen molar-refractivity contribution >= 4 is 0 Å². The second kappa shape index (κ2) is 2.48. The highest BCUT2D eigenvalue weighted by Crippen LogP contribution is 2.39. The van der Waals surface area contributed by atoms with Crippen molar-refractivity contribution in [3.05, 3.63) is 0 Å². The van der Waals surface area contributed by atoms with Gasteiger partial charge in [0.05, 0.1) is 12.2 Å². The Kier molecular flexibility index (Phi) is 2.04. The smallest absolute Gasteiger partial charge is 0.0630 e. The summed E-state index contributed by atoms with van der Waals surface area (Å²) in [5.41, 5.74) is 0.533. The number of ether oxygens (including phenoxy) is 1. The molecule has 0 saturated carbocycles. The van der Waals surface area contributed by atoms with Gasteiger partial charge in [-0.3, -0.25) is 0 Å². The lowest BCUT2D eigenvalue weighted by molar-refractivity contribution is 0.0324. The van der Waals surface area contributed by atoms with Gasteiger partial charge in [0.1, 0.15) is 0 Å². The van der Waals surface area contributed by atoms with Crippen molar-refractivity contribution < 1.29 is 4.74 Å². The lowest BCUT2D eigenvalue weighted by atomic mass is 9.78. The fraction of sp³-hybridized carbons (Fsp3) is 1.00. The summed E-state index contributed by atoms with van der Waals surface area (Å²) in [5, 5.41) is 0. The molecule has 1 saturated heterocycles. The first-order valence-electron chi connectivity index (χ1n) is 4.45. The normalized spacial score (nSPS) is 30.8. The molecule has 0 spiro atoms. The maximum atomic E-state index is 5.68. The quantitative estimate of drug-likeness (QED) is 0.524. The molecule has 0 N–H and O–H groups in total. The van der Waals surface area contributed by atoms with Crippen LogP contribution in [0.5, 0.6) is 0 Å². The first-order chi connectivity index (χ1) is 4.81. The van der Waals surface area contributed by atoms with Gasteiger partial charge in [0.25, 0.3) is 0 Å². The molecule has 0 aliphatic carbocycles. The van der Waals surface area contributed by atoms with E-state index in [1.54, 1.807) is 0 Å². The predicted octanol–water partition coefficient (Wildman–Crippen LogP) is 2.85. The monoisotopic (exact) mass is 156 g/mol. The third-order valence-corrected chi connectivity index (χ3v) is 2.64. The Morgan fingerprint density at radius 2 is 1.82 bits per heavy atom. The van der Waals surface area contributed by atoms with Crippen LogP contribution in [0.15, 0.2) is 0 Å². The topological polar surface area (TPSA) is 9.23 Å². The molecule has 1 fully saturated rings. The van der Waals surface area contributed by atoms with Crippen LogP contribution < -0.4 is 0 Å². The van der Waals surface area contributed by atoms with Crippen molar-refractivity contribution in [2.45, 2.75) is 46.6 Å². The van der Waals surface area contributed by atoms with E-state index in [0.717, 1.165) is 12.5 Å². The second-order valence-electron chi connectivity index (χ2n) is 5.34. The van der Waals surface area contributed by atoms with Crippen LogP contribution in [0, 0.1) is 11.3 Å². The number of rotatable bonds is 0. The standard InChI is InChI=1S/C10H20O/c1-9(2,3)8-6-10(4,5)11-7-8/h8H,6-7H2,1-5H3. The summed E-state index contributed by atoms with van der Waals surface area (Å²) in [4.78, 5) is 0. The summed E-state index contributed by atoms with van der Waals surface area (Å²) in [6.45, 7) is 12.2. The summed E-state index contributed by atoms with van der Waals surface area (Å²) in [7, 11) is 0. The first kappa shape index (κ1) is 9.05. The zero-order valence-electron chi connectivity index (χ0n) is 8.40. The maximum Gasteiger partial charge on any atom is 0.0630 e. The first-order valence-corrected chi connectivity index (χ1v) is 4.45. The number of hydrogen-bond donors (Lipinski definition) is 0.